The molecule has 1 heterocycles. The quantitative estimate of drug-likeness (QED) is 0.566. The van der Waals surface area contributed by atoms with Gasteiger partial charge in [-0.1, -0.05) is 24.3 Å². The van der Waals surface area contributed by atoms with Crippen LogP contribution in [-0.4, -0.2) is 53.7 Å². The number of imide groups is 1. The Labute approximate surface area is 162 Å². The SMILES string of the molecule is CCOC(=O)CN(C)C(=O)c1ccc(CN2C(=O)c3ccccc3C2=O)cc1. The van der Waals surface area contributed by atoms with Crippen LogP contribution in [-0.2, 0) is 16.1 Å². The number of benzene rings is 2. The van der Waals surface area contributed by atoms with Crippen LogP contribution in [0.25, 0.3) is 0 Å². The molecule has 0 saturated carbocycles. The molecule has 0 spiro atoms. The largest absolute Gasteiger partial charge is 0.465 e. The van der Waals surface area contributed by atoms with Gasteiger partial charge >= 0.3 is 5.97 Å². The van der Waals surface area contributed by atoms with Gasteiger partial charge in [0, 0.05) is 12.6 Å². The number of likely N-dealkylation sites (N-methyl/N-ethyl adjacent to an activating group) is 1. The van der Waals surface area contributed by atoms with E-state index in [1.165, 1.54) is 16.8 Å². The fourth-order valence-electron chi connectivity index (χ4n) is 3.01. The van der Waals surface area contributed by atoms with Crippen LogP contribution in [0, 0.1) is 0 Å². The topological polar surface area (TPSA) is 84.0 Å². The second-order valence-corrected chi connectivity index (χ2v) is 6.41. The Balaban J connectivity index is 1.67. The molecule has 0 bridgehead atoms. The van der Waals surface area contributed by atoms with Crippen LogP contribution < -0.4 is 0 Å². The van der Waals surface area contributed by atoms with Gasteiger partial charge in [-0.05, 0) is 36.8 Å². The minimum absolute atomic E-state index is 0.124. The molecule has 0 unspecified atom stereocenters. The fraction of sp³-hybridized carbons (Fsp3) is 0.238. The van der Waals surface area contributed by atoms with Crippen LogP contribution in [0.5, 0.6) is 0 Å². The van der Waals surface area contributed by atoms with E-state index in [1.807, 2.05) is 0 Å². The summed E-state index contributed by atoms with van der Waals surface area (Å²) in [5.74, 6) is -1.44. The average Bonchev–Trinajstić information content (AvgIpc) is 2.93. The first-order chi connectivity index (χ1) is 13.4. The molecule has 0 fully saturated rings. The monoisotopic (exact) mass is 380 g/mol. The lowest BCUT2D eigenvalue weighted by molar-refractivity contribution is -0.143. The molecule has 28 heavy (non-hydrogen) atoms. The summed E-state index contributed by atoms with van der Waals surface area (Å²) in [7, 11) is 1.52. The van der Waals surface area contributed by atoms with Gasteiger partial charge in [-0.2, -0.15) is 0 Å². The van der Waals surface area contributed by atoms with Crippen molar-refractivity contribution in [3.05, 3.63) is 70.8 Å². The fourth-order valence-corrected chi connectivity index (χ4v) is 3.01. The molecule has 0 N–H and O–H groups in total. The highest BCUT2D eigenvalue weighted by Crippen LogP contribution is 2.24. The number of carbonyl (C=O) groups excluding carboxylic acids is 4. The van der Waals surface area contributed by atoms with Gasteiger partial charge in [-0.15, -0.1) is 0 Å². The predicted molar refractivity (Wildman–Crippen MR) is 101 cm³/mol. The maximum absolute atomic E-state index is 12.4. The van der Waals surface area contributed by atoms with Crippen molar-refractivity contribution in [2.75, 3.05) is 20.2 Å². The van der Waals surface area contributed by atoms with Crippen LogP contribution in [0.15, 0.2) is 48.5 Å². The predicted octanol–water partition coefficient (Wildman–Crippen LogP) is 2.12. The number of fused-ring (bicyclic) bond motifs is 1. The number of hydrogen-bond donors (Lipinski definition) is 0. The van der Waals surface area contributed by atoms with E-state index < -0.39 is 5.97 Å². The number of rotatable bonds is 6. The average molecular weight is 380 g/mol. The first-order valence-corrected chi connectivity index (χ1v) is 8.87. The van der Waals surface area contributed by atoms with Crippen molar-refractivity contribution < 1.29 is 23.9 Å². The smallest absolute Gasteiger partial charge is 0.325 e. The summed E-state index contributed by atoms with van der Waals surface area (Å²) in [5.41, 5.74) is 1.93. The molecule has 0 aliphatic carbocycles. The van der Waals surface area contributed by atoms with Crippen molar-refractivity contribution in [3.63, 3.8) is 0 Å². The molecule has 2 aromatic carbocycles. The summed E-state index contributed by atoms with van der Waals surface area (Å²) < 4.78 is 4.84. The Hall–Kier alpha value is -3.48. The zero-order chi connectivity index (χ0) is 20.3. The van der Waals surface area contributed by atoms with Crippen LogP contribution in [0.1, 0.15) is 43.6 Å². The molecule has 7 heteroatoms. The van der Waals surface area contributed by atoms with E-state index in [0.29, 0.717) is 16.7 Å². The van der Waals surface area contributed by atoms with Gasteiger partial charge in [-0.3, -0.25) is 24.1 Å². The van der Waals surface area contributed by atoms with Gasteiger partial charge in [0.2, 0.25) is 0 Å². The number of ether oxygens (including phenoxy) is 1. The van der Waals surface area contributed by atoms with E-state index >= 15 is 0 Å². The van der Waals surface area contributed by atoms with Crippen molar-refractivity contribution in [3.8, 4) is 0 Å². The summed E-state index contributed by atoms with van der Waals surface area (Å²) in [6.45, 7) is 1.95. The van der Waals surface area contributed by atoms with Crippen LogP contribution in [0.4, 0.5) is 0 Å². The van der Waals surface area contributed by atoms with Crippen molar-refractivity contribution in [1.29, 1.82) is 0 Å². The van der Waals surface area contributed by atoms with Gasteiger partial charge < -0.3 is 9.64 Å². The Kier molecular flexibility index (Phi) is 5.54. The number of hydrogen-bond acceptors (Lipinski definition) is 5. The molecule has 3 amide bonds. The molecule has 1 aliphatic rings. The van der Waals surface area contributed by atoms with E-state index in [-0.39, 0.29) is 37.4 Å². The lowest BCUT2D eigenvalue weighted by Crippen LogP contribution is -2.33. The van der Waals surface area contributed by atoms with Gasteiger partial charge in [-0.25, -0.2) is 0 Å². The highest BCUT2D eigenvalue weighted by Gasteiger charge is 2.34. The summed E-state index contributed by atoms with van der Waals surface area (Å²) >= 11 is 0. The molecule has 0 saturated heterocycles. The van der Waals surface area contributed by atoms with Crippen molar-refractivity contribution in [2.45, 2.75) is 13.5 Å². The third-order valence-electron chi connectivity index (χ3n) is 4.44. The first kappa shape index (κ1) is 19.3. The number of nitrogens with zero attached hydrogens (tertiary/aromatic N) is 2. The minimum atomic E-state index is -0.472. The molecular formula is C21H20N2O5. The van der Waals surface area contributed by atoms with Gasteiger partial charge in [0.1, 0.15) is 6.54 Å². The maximum Gasteiger partial charge on any atom is 0.325 e. The second-order valence-electron chi connectivity index (χ2n) is 6.41. The zero-order valence-electron chi connectivity index (χ0n) is 15.7. The lowest BCUT2D eigenvalue weighted by Gasteiger charge is -2.17. The molecule has 0 aromatic heterocycles. The third kappa shape index (κ3) is 3.78. The zero-order valence-corrected chi connectivity index (χ0v) is 15.7. The highest BCUT2D eigenvalue weighted by molar-refractivity contribution is 6.21. The van der Waals surface area contributed by atoms with Gasteiger partial charge in [0.25, 0.3) is 17.7 Å². The molecule has 7 nitrogen and oxygen atoms in total. The molecule has 0 radical (unpaired) electrons. The van der Waals surface area contributed by atoms with E-state index in [9.17, 15) is 19.2 Å². The Bertz CT molecular complexity index is 901. The molecule has 144 valence electrons. The molecular weight excluding hydrogens is 360 g/mol. The summed E-state index contributed by atoms with van der Waals surface area (Å²) in [4.78, 5) is 51.2. The number of carbonyl (C=O) groups is 4. The van der Waals surface area contributed by atoms with Crippen LogP contribution >= 0.6 is 0 Å². The van der Waals surface area contributed by atoms with E-state index in [4.69, 9.17) is 4.74 Å². The van der Waals surface area contributed by atoms with Crippen molar-refractivity contribution >= 4 is 23.7 Å². The third-order valence-corrected chi connectivity index (χ3v) is 4.44. The molecule has 0 atom stereocenters. The molecule has 3 rings (SSSR count). The van der Waals surface area contributed by atoms with Crippen LogP contribution in [0.2, 0.25) is 0 Å². The summed E-state index contributed by atoms with van der Waals surface area (Å²) in [5, 5.41) is 0. The number of amides is 3. The number of esters is 1. The van der Waals surface area contributed by atoms with E-state index in [0.717, 1.165) is 5.56 Å². The van der Waals surface area contributed by atoms with Crippen LogP contribution in [0.3, 0.4) is 0 Å². The van der Waals surface area contributed by atoms with Gasteiger partial charge in [0.15, 0.2) is 0 Å². The molecule has 1 aliphatic heterocycles. The Morgan fingerprint density at radius 2 is 1.54 bits per heavy atom. The summed E-state index contributed by atoms with van der Waals surface area (Å²) in [6, 6.07) is 13.3. The summed E-state index contributed by atoms with van der Waals surface area (Å²) in [6.07, 6.45) is 0. The highest BCUT2D eigenvalue weighted by atomic mass is 16.5. The van der Waals surface area contributed by atoms with Gasteiger partial charge in [0.05, 0.1) is 24.3 Å². The van der Waals surface area contributed by atoms with E-state index in [2.05, 4.69) is 0 Å². The standard InChI is InChI=1S/C21H20N2O5/c1-3-28-18(24)13-22(2)19(25)15-10-8-14(9-11-15)12-23-20(26)16-6-4-5-7-17(16)21(23)27/h4-11H,3,12-13H2,1-2H3. The second kappa shape index (κ2) is 8.04. The van der Waals surface area contributed by atoms with Crippen molar-refractivity contribution in [2.24, 2.45) is 0 Å². The lowest BCUT2D eigenvalue weighted by atomic mass is 10.1. The first-order valence-electron chi connectivity index (χ1n) is 8.87. The Morgan fingerprint density at radius 3 is 2.07 bits per heavy atom. The van der Waals surface area contributed by atoms with E-state index in [1.54, 1.807) is 55.5 Å². The molecule has 2 aromatic rings. The Morgan fingerprint density at radius 1 is 0.964 bits per heavy atom. The normalized spacial score (nSPS) is 12.7. The maximum atomic E-state index is 12.4. The van der Waals surface area contributed by atoms with Crippen molar-refractivity contribution in [1.82, 2.24) is 9.80 Å². The minimum Gasteiger partial charge on any atom is -0.465 e.